The number of aliphatic hydroxyl groups excluding tert-OH is 4. The van der Waals surface area contributed by atoms with E-state index in [1.54, 1.807) is 0 Å². The number of ether oxygens (including phenoxy) is 1. The topological polar surface area (TPSA) is 116 Å². The van der Waals surface area contributed by atoms with E-state index >= 15 is 0 Å². The van der Waals surface area contributed by atoms with Crippen molar-refractivity contribution >= 4 is 0 Å². The monoisotopic (exact) mass is 179 g/mol. The molecule has 0 spiro atoms. The number of aliphatic hydroxyl groups is 4. The van der Waals surface area contributed by atoms with Crippen LogP contribution in [0.2, 0.25) is 0 Å². The van der Waals surface area contributed by atoms with E-state index in [-0.39, 0.29) is 0 Å². The molecule has 0 saturated carbocycles. The number of nitrogens with two attached hydrogens (primary N) is 1. The molecule has 12 heavy (non-hydrogen) atoms. The summed E-state index contributed by atoms with van der Waals surface area (Å²) in [4.78, 5) is 0. The summed E-state index contributed by atoms with van der Waals surface area (Å²) in [6.07, 6.45) is -4.67. The highest BCUT2D eigenvalue weighted by atomic mass is 16.6. The molecular formula is C6H13NO5. The molecule has 72 valence electrons. The third-order valence-corrected chi connectivity index (χ3v) is 1.92. The largest absolute Gasteiger partial charge is 0.394 e. The Morgan fingerprint density at radius 2 is 2.00 bits per heavy atom. The maximum Gasteiger partial charge on any atom is 0.173 e. The Morgan fingerprint density at radius 3 is 2.33 bits per heavy atom. The molecule has 1 aliphatic heterocycles. The maximum atomic E-state index is 9.25. The normalized spacial score (nSPS) is 44.8. The summed E-state index contributed by atoms with van der Waals surface area (Å²) in [5, 5.41) is 35.8. The predicted molar refractivity (Wildman–Crippen MR) is 38.0 cm³/mol. The van der Waals surface area contributed by atoms with Gasteiger partial charge in [-0.2, -0.15) is 0 Å². The minimum Gasteiger partial charge on any atom is -0.394 e. The third kappa shape index (κ3) is 1.58. The number of hydrogen-bond acceptors (Lipinski definition) is 6. The smallest absolute Gasteiger partial charge is 0.173 e. The Balaban J connectivity index is 2.58. The van der Waals surface area contributed by atoms with Gasteiger partial charge in [0.15, 0.2) is 6.29 Å². The average molecular weight is 179 g/mol. The fraction of sp³-hybridized carbons (Fsp3) is 1.00. The quantitative estimate of drug-likeness (QED) is 0.304. The van der Waals surface area contributed by atoms with Gasteiger partial charge in [0, 0.05) is 0 Å². The Labute approximate surface area is 69.2 Å². The van der Waals surface area contributed by atoms with Gasteiger partial charge in [0.1, 0.15) is 18.3 Å². The molecule has 0 aromatic rings. The Morgan fingerprint density at radius 1 is 1.42 bits per heavy atom. The van der Waals surface area contributed by atoms with Gasteiger partial charge in [-0.25, -0.2) is 0 Å². The van der Waals surface area contributed by atoms with Gasteiger partial charge in [-0.1, -0.05) is 0 Å². The van der Waals surface area contributed by atoms with Gasteiger partial charge >= 0.3 is 0 Å². The first-order valence-electron chi connectivity index (χ1n) is 3.64. The molecule has 0 unspecified atom stereocenters. The zero-order valence-electron chi connectivity index (χ0n) is 6.37. The van der Waals surface area contributed by atoms with E-state index in [2.05, 4.69) is 0 Å². The Bertz CT molecular complexity index is 155. The van der Waals surface area contributed by atoms with Gasteiger partial charge in [-0.3, -0.25) is 0 Å². The van der Waals surface area contributed by atoms with Crippen LogP contribution < -0.4 is 5.73 Å². The molecule has 0 aliphatic carbocycles. The molecule has 5 atom stereocenters. The van der Waals surface area contributed by atoms with Crippen molar-refractivity contribution in [2.75, 3.05) is 6.61 Å². The highest BCUT2D eigenvalue weighted by molar-refractivity contribution is 4.92. The van der Waals surface area contributed by atoms with Crippen molar-refractivity contribution in [1.29, 1.82) is 0 Å². The lowest BCUT2D eigenvalue weighted by Gasteiger charge is -2.18. The molecule has 0 radical (unpaired) electrons. The summed E-state index contributed by atoms with van der Waals surface area (Å²) in [5.41, 5.74) is 5.29. The van der Waals surface area contributed by atoms with Crippen molar-refractivity contribution in [2.45, 2.75) is 30.6 Å². The standard InChI is InChI=1S/C6H13NO5/c7-3-4(10)5(2(9)1-8)12-6(3)11/h2-6,8-11H,1,7H2/t2-,3+,4+,5+,6-/m1/s1. The molecule has 6 N–H and O–H groups in total. The van der Waals surface area contributed by atoms with E-state index in [1.807, 2.05) is 0 Å². The third-order valence-electron chi connectivity index (χ3n) is 1.92. The van der Waals surface area contributed by atoms with E-state index in [9.17, 15) is 5.11 Å². The van der Waals surface area contributed by atoms with Crippen LogP contribution in [0.4, 0.5) is 0 Å². The first-order chi connectivity index (χ1) is 5.57. The molecule has 1 fully saturated rings. The predicted octanol–water partition coefficient (Wildman–Crippen LogP) is -3.26. The van der Waals surface area contributed by atoms with E-state index in [4.69, 9.17) is 25.8 Å². The first-order valence-corrected chi connectivity index (χ1v) is 3.64. The molecule has 1 heterocycles. The summed E-state index contributed by atoms with van der Waals surface area (Å²) in [7, 11) is 0. The van der Waals surface area contributed by atoms with Gasteiger partial charge in [0.05, 0.1) is 12.6 Å². The summed E-state index contributed by atoms with van der Waals surface area (Å²) in [5.74, 6) is 0. The molecule has 6 heteroatoms. The molecule has 1 saturated heterocycles. The number of hydrogen-bond donors (Lipinski definition) is 5. The Hall–Kier alpha value is -0.240. The molecule has 0 amide bonds. The highest BCUT2D eigenvalue weighted by Crippen LogP contribution is 2.20. The van der Waals surface area contributed by atoms with Gasteiger partial charge in [0.2, 0.25) is 0 Å². The fourth-order valence-electron chi connectivity index (χ4n) is 1.14. The minimum atomic E-state index is -1.29. The lowest BCUT2D eigenvalue weighted by molar-refractivity contribution is -0.138. The zero-order chi connectivity index (χ0) is 9.30. The van der Waals surface area contributed by atoms with Crippen molar-refractivity contribution in [3.8, 4) is 0 Å². The van der Waals surface area contributed by atoms with Gasteiger partial charge < -0.3 is 30.9 Å². The van der Waals surface area contributed by atoms with Crippen molar-refractivity contribution in [3.05, 3.63) is 0 Å². The minimum absolute atomic E-state index is 0.541. The second-order valence-electron chi connectivity index (χ2n) is 2.81. The summed E-state index contributed by atoms with van der Waals surface area (Å²) in [6.45, 7) is -0.541. The second-order valence-corrected chi connectivity index (χ2v) is 2.81. The van der Waals surface area contributed by atoms with Crippen LogP contribution in [0, 0.1) is 0 Å². The molecule has 0 bridgehead atoms. The van der Waals surface area contributed by atoms with Crippen LogP contribution in [0.25, 0.3) is 0 Å². The maximum absolute atomic E-state index is 9.25. The van der Waals surface area contributed by atoms with Crippen molar-refractivity contribution in [3.63, 3.8) is 0 Å². The number of rotatable bonds is 2. The SMILES string of the molecule is N[C@H]1[C@H](O)[C@H]([C@H](O)CO)O[C@H]1O. The van der Waals surface area contributed by atoms with Crippen LogP contribution in [0.1, 0.15) is 0 Å². The van der Waals surface area contributed by atoms with Crippen LogP contribution in [0.15, 0.2) is 0 Å². The van der Waals surface area contributed by atoms with Crippen LogP contribution in [-0.4, -0.2) is 57.7 Å². The molecule has 1 rings (SSSR count). The lowest BCUT2D eigenvalue weighted by atomic mass is 10.1. The van der Waals surface area contributed by atoms with Crippen molar-refractivity contribution in [1.82, 2.24) is 0 Å². The van der Waals surface area contributed by atoms with E-state index in [0.717, 1.165) is 0 Å². The average Bonchev–Trinajstić information content (AvgIpc) is 2.32. The molecular weight excluding hydrogens is 166 g/mol. The van der Waals surface area contributed by atoms with Crippen LogP contribution in [0.5, 0.6) is 0 Å². The van der Waals surface area contributed by atoms with Gasteiger partial charge in [-0.05, 0) is 0 Å². The molecule has 6 nitrogen and oxygen atoms in total. The molecule has 1 aliphatic rings. The summed E-state index contributed by atoms with van der Waals surface area (Å²) < 4.78 is 4.71. The van der Waals surface area contributed by atoms with Crippen molar-refractivity contribution < 1.29 is 25.2 Å². The molecule has 0 aromatic heterocycles. The van der Waals surface area contributed by atoms with Crippen molar-refractivity contribution in [2.24, 2.45) is 5.73 Å². The van der Waals surface area contributed by atoms with Gasteiger partial charge in [0.25, 0.3) is 0 Å². The summed E-state index contributed by atoms with van der Waals surface area (Å²) in [6, 6.07) is -0.934. The van der Waals surface area contributed by atoms with E-state index in [0.29, 0.717) is 0 Å². The van der Waals surface area contributed by atoms with Crippen LogP contribution >= 0.6 is 0 Å². The van der Waals surface area contributed by atoms with E-state index in [1.165, 1.54) is 0 Å². The summed E-state index contributed by atoms with van der Waals surface area (Å²) >= 11 is 0. The van der Waals surface area contributed by atoms with Crippen LogP contribution in [0.3, 0.4) is 0 Å². The van der Waals surface area contributed by atoms with Gasteiger partial charge in [-0.15, -0.1) is 0 Å². The Kier molecular flexibility index (Phi) is 2.99. The van der Waals surface area contributed by atoms with E-state index < -0.39 is 37.3 Å². The fourth-order valence-corrected chi connectivity index (χ4v) is 1.14. The molecule has 0 aromatic carbocycles. The first kappa shape index (κ1) is 9.85. The lowest BCUT2D eigenvalue weighted by Crippen LogP contribution is -2.44. The zero-order valence-corrected chi connectivity index (χ0v) is 6.37. The second kappa shape index (κ2) is 3.65. The highest BCUT2D eigenvalue weighted by Gasteiger charge is 2.43. The van der Waals surface area contributed by atoms with Crippen LogP contribution in [-0.2, 0) is 4.74 Å².